The summed E-state index contributed by atoms with van der Waals surface area (Å²) in [5, 5.41) is 0. The molecule has 1 unspecified atom stereocenters. The highest BCUT2D eigenvalue weighted by atomic mass is 16.2. The second-order valence-corrected chi connectivity index (χ2v) is 7.52. The second-order valence-electron chi connectivity index (χ2n) is 7.52. The lowest BCUT2D eigenvalue weighted by Gasteiger charge is -2.31. The van der Waals surface area contributed by atoms with Crippen LogP contribution in [0.25, 0.3) is 0 Å². The minimum atomic E-state index is -0.155. The Kier molecular flexibility index (Phi) is 4.61. The lowest BCUT2D eigenvalue weighted by atomic mass is 10.0. The lowest BCUT2D eigenvalue weighted by molar-refractivity contribution is 0.154. The first-order valence-electron chi connectivity index (χ1n) is 8.61. The third-order valence-electron chi connectivity index (χ3n) is 4.63. The van der Waals surface area contributed by atoms with Gasteiger partial charge in [0, 0.05) is 18.6 Å². The highest BCUT2D eigenvalue weighted by Gasteiger charge is 2.41. The summed E-state index contributed by atoms with van der Waals surface area (Å²) in [4.78, 5) is 17.0. The molecule has 0 N–H and O–H groups in total. The van der Waals surface area contributed by atoms with E-state index in [1.54, 1.807) is 0 Å². The van der Waals surface area contributed by atoms with Gasteiger partial charge in [0.1, 0.15) is 0 Å². The monoisotopic (exact) mass is 322 g/mol. The minimum absolute atomic E-state index is 0.146. The highest BCUT2D eigenvalue weighted by Crippen LogP contribution is 2.28. The predicted molar refractivity (Wildman–Crippen MR) is 97.8 cm³/mol. The van der Waals surface area contributed by atoms with Crippen LogP contribution in [-0.2, 0) is 13.0 Å². The van der Waals surface area contributed by atoms with Crippen molar-refractivity contribution in [2.75, 3.05) is 6.54 Å². The van der Waals surface area contributed by atoms with Gasteiger partial charge >= 0.3 is 6.03 Å². The van der Waals surface area contributed by atoms with Gasteiger partial charge in [-0.3, -0.25) is 0 Å². The molecule has 1 heterocycles. The molecule has 24 heavy (non-hydrogen) atoms. The van der Waals surface area contributed by atoms with Gasteiger partial charge in [0.2, 0.25) is 0 Å². The number of carbonyl (C=O) groups is 1. The van der Waals surface area contributed by atoms with Crippen LogP contribution in [0.5, 0.6) is 0 Å². The number of nitrogens with zero attached hydrogens (tertiary/aromatic N) is 2. The van der Waals surface area contributed by atoms with Crippen LogP contribution in [0.3, 0.4) is 0 Å². The van der Waals surface area contributed by atoms with Crippen molar-refractivity contribution in [2.45, 2.75) is 45.3 Å². The minimum Gasteiger partial charge on any atom is -0.318 e. The van der Waals surface area contributed by atoms with Crippen LogP contribution >= 0.6 is 0 Å². The van der Waals surface area contributed by atoms with Crippen molar-refractivity contribution in [3.05, 3.63) is 71.8 Å². The van der Waals surface area contributed by atoms with Crippen LogP contribution in [-0.4, -0.2) is 34.0 Å². The third kappa shape index (κ3) is 3.61. The van der Waals surface area contributed by atoms with Crippen LogP contribution in [0.1, 0.15) is 31.9 Å². The maximum absolute atomic E-state index is 13.0. The van der Waals surface area contributed by atoms with Crippen molar-refractivity contribution in [2.24, 2.45) is 0 Å². The summed E-state index contributed by atoms with van der Waals surface area (Å²) < 4.78 is 0. The molecule has 0 saturated carbocycles. The maximum atomic E-state index is 13.0. The molecular formula is C21H26N2O. The summed E-state index contributed by atoms with van der Waals surface area (Å²) in [6.07, 6.45) is 0.895. The van der Waals surface area contributed by atoms with Gasteiger partial charge in [-0.15, -0.1) is 0 Å². The summed E-state index contributed by atoms with van der Waals surface area (Å²) in [6.45, 7) is 7.78. The Hall–Kier alpha value is -2.29. The van der Waals surface area contributed by atoms with E-state index in [0.717, 1.165) is 13.0 Å². The van der Waals surface area contributed by atoms with E-state index in [1.807, 2.05) is 34.1 Å². The first-order valence-corrected chi connectivity index (χ1v) is 8.61. The zero-order chi connectivity index (χ0) is 17.2. The fourth-order valence-electron chi connectivity index (χ4n) is 3.30. The van der Waals surface area contributed by atoms with E-state index in [-0.39, 0.29) is 17.6 Å². The summed E-state index contributed by atoms with van der Waals surface area (Å²) in [6, 6.07) is 21.1. The van der Waals surface area contributed by atoms with E-state index in [4.69, 9.17) is 0 Å². The van der Waals surface area contributed by atoms with Crippen molar-refractivity contribution in [3.8, 4) is 0 Å². The smallest absolute Gasteiger partial charge is 0.318 e. The molecule has 2 aromatic rings. The molecular weight excluding hydrogens is 296 g/mol. The number of carbonyl (C=O) groups excluding carboxylic acids is 1. The normalized spacial score (nSPS) is 18.3. The average Bonchev–Trinajstić information content (AvgIpc) is 2.86. The van der Waals surface area contributed by atoms with Gasteiger partial charge in [-0.1, -0.05) is 60.7 Å². The second kappa shape index (κ2) is 6.68. The summed E-state index contributed by atoms with van der Waals surface area (Å²) in [7, 11) is 0. The molecule has 2 amide bonds. The Labute approximate surface area is 144 Å². The summed E-state index contributed by atoms with van der Waals surface area (Å²) >= 11 is 0. The van der Waals surface area contributed by atoms with Crippen molar-refractivity contribution >= 4 is 6.03 Å². The molecule has 1 aliphatic rings. The molecule has 0 spiro atoms. The average molecular weight is 322 g/mol. The van der Waals surface area contributed by atoms with Gasteiger partial charge < -0.3 is 9.80 Å². The van der Waals surface area contributed by atoms with Gasteiger partial charge in [-0.2, -0.15) is 0 Å². The highest BCUT2D eigenvalue weighted by molar-refractivity contribution is 5.78. The van der Waals surface area contributed by atoms with Crippen LogP contribution in [0, 0.1) is 0 Å². The number of rotatable bonds is 4. The number of urea groups is 1. The number of benzene rings is 2. The quantitative estimate of drug-likeness (QED) is 0.821. The maximum Gasteiger partial charge on any atom is 0.321 e. The van der Waals surface area contributed by atoms with Crippen LogP contribution in [0.15, 0.2) is 60.7 Å². The Morgan fingerprint density at radius 1 is 0.917 bits per heavy atom. The number of hydrogen-bond acceptors (Lipinski definition) is 1. The summed E-state index contributed by atoms with van der Waals surface area (Å²) in [5.41, 5.74) is 2.31. The molecule has 0 bridgehead atoms. The largest absolute Gasteiger partial charge is 0.321 e. The molecule has 1 atom stereocenters. The number of amides is 2. The van der Waals surface area contributed by atoms with Crippen molar-refractivity contribution in [3.63, 3.8) is 0 Å². The van der Waals surface area contributed by atoms with E-state index in [1.165, 1.54) is 11.1 Å². The Balaban J connectivity index is 1.84. The van der Waals surface area contributed by atoms with Gasteiger partial charge in [-0.25, -0.2) is 4.79 Å². The predicted octanol–water partition coefficient (Wildman–Crippen LogP) is 4.33. The lowest BCUT2D eigenvalue weighted by Crippen LogP contribution is -2.44. The van der Waals surface area contributed by atoms with E-state index in [9.17, 15) is 4.79 Å². The number of hydrogen-bond donors (Lipinski definition) is 0. The molecule has 3 heteroatoms. The van der Waals surface area contributed by atoms with Crippen molar-refractivity contribution in [1.82, 2.24) is 9.80 Å². The zero-order valence-electron chi connectivity index (χ0n) is 14.8. The standard InChI is InChI=1S/C21H26N2O/c1-21(2,3)23-16-19(14-17-10-6-4-7-11-17)22(20(23)24)15-18-12-8-5-9-13-18/h4-13,19H,14-16H2,1-3H3. The molecule has 1 fully saturated rings. The molecule has 2 aromatic carbocycles. The van der Waals surface area contributed by atoms with E-state index in [2.05, 4.69) is 57.2 Å². The molecule has 1 saturated heterocycles. The molecule has 0 aromatic heterocycles. The Morgan fingerprint density at radius 3 is 2.00 bits per heavy atom. The fraction of sp³-hybridized carbons (Fsp3) is 0.381. The van der Waals surface area contributed by atoms with Gasteiger partial charge in [0.05, 0.1) is 6.04 Å². The summed E-state index contributed by atoms with van der Waals surface area (Å²) in [5.74, 6) is 0. The van der Waals surface area contributed by atoms with E-state index in [0.29, 0.717) is 6.54 Å². The van der Waals surface area contributed by atoms with Crippen LogP contribution < -0.4 is 0 Å². The van der Waals surface area contributed by atoms with Gasteiger partial charge in [-0.05, 0) is 38.3 Å². The zero-order valence-corrected chi connectivity index (χ0v) is 14.8. The first-order chi connectivity index (χ1) is 11.4. The molecule has 3 nitrogen and oxygen atoms in total. The van der Waals surface area contributed by atoms with E-state index >= 15 is 0 Å². The Bertz CT molecular complexity index is 676. The van der Waals surface area contributed by atoms with Crippen molar-refractivity contribution in [1.29, 1.82) is 0 Å². The van der Waals surface area contributed by atoms with Crippen LogP contribution in [0.4, 0.5) is 4.79 Å². The van der Waals surface area contributed by atoms with E-state index < -0.39 is 0 Å². The molecule has 126 valence electrons. The fourth-order valence-corrected chi connectivity index (χ4v) is 3.30. The SMILES string of the molecule is CC(C)(C)N1CC(Cc2ccccc2)N(Cc2ccccc2)C1=O. The van der Waals surface area contributed by atoms with Crippen molar-refractivity contribution < 1.29 is 4.79 Å². The van der Waals surface area contributed by atoms with Crippen LogP contribution in [0.2, 0.25) is 0 Å². The topological polar surface area (TPSA) is 23.6 Å². The molecule has 0 aliphatic carbocycles. The Morgan fingerprint density at radius 2 is 1.46 bits per heavy atom. The van der Waals surface area contributed by atoms with Gasteiger partial charge in [0.15, 0.2) is 0 Å². The molecule has 3 rings (SSSR count). The first kappa shape index (κ1) is 16.6. The third-order valence-corrected chi connectivity index (χ3v) is 4.63. The molecule has 0 radical (unpaired) electrons. The molecule has 1 aliphatic heterocycles. The van der Waals surface area contributed by atoms with Gasteiger partial charge in [0.25, 0.3) is 0 Å².